The molecule has 0 atom stereocenters. The molecule has 0 amide bonds. The molecule has 2 N–H and O–H groups in total. The van der Waals surface area contributed by atoms with Crippen molar-refractivity contribution in [3.05, 3.63) is 29.6 Å². The molecule has 0 saturated carbocycles. The number of hydrogen-bond donors (Lipinski definition) is 1. The molecule has 2 aromatic rings. The van der Waals surface area contributed by atoms with Crippen LogP contribution in [0.5, 0.6) is 10.9 Å². The molecule has 0 unspecified atom stereocenters. The highest BCUT2D eigenvalue weighted by Crippen LogP contribution is 2.30. The molecular formula is C12H12N4OS. The molecule has 2 rings (SSSR count). The summed E-state index contributed by atoms with van der Waals surface area (Å²) >= 11 is 1.19. The average Bonchev–Trinajstić information content (AvgIpc) is 2.80. The number of rotatable bonds is 3. The minimum Gasteiger partial charge on any atom is -0.428 e. The van der Waals surface area contributed by atoms with Crippen molar-refractivity contribution in [2.45, 2.75) is 19.8 Å². The monoisotopic (exact) mass is 260 g/mol. The van der Waals surface area contributed by atoms with Crippen LogP contribution in [0.2, 0.25) is 0 Å². The minimum atomic E-state index is 0.261. The Morgan fingerprint density at radius 1 is 1.44 bits per heavy atom. The summed E-state index contributed by atoms with van der Waals surface area (Å²) in [5, 5.41) is 9.19. The van der Waals surface area contributed by atoms with Gasteiger partial charge in [-0.15, -0.1) is 0 Å². The maximum atomic E-state index is 8.74. The molecule has 0 aliphatic carbocycles. The SMILES string of the molecule is CC(C)c1nsc(Oc2ccc(C#N)cc2N)n1. The molecule has 5 nitrogen and oxygen atoms in total. The van der Waals surface area contributed by atoms with Crippen molar-refractivity contribution < 1.29 is 4.74 Å². The lowest BCUT2D eigenvalue weighted by molar-refractivity contribution is 0.478. The summed E-state index contributed by atoms with van der Waals surface area (Å²) in [4.78, 5) is 4.25. The summed E-state index contributed by atoms with van der Waals surface area (Å²) in [6.07, 6.45) is 0. The molecule has 0 radical (unpaired) electrons. The van der Waals surface area contributed by atoms with Gasteiger partial charge >= 0.3 is 0 Å². The van der Waals surface area contributed by atoms with E-state index in [1.807, 2.05) is 19.9 Å². The first kappa shape index (κ1) is 12.3. The molecule has 0 aliphatic rings. The van der Waals surface area contributed by atoms with Crippen LogP contribution in [0.4, 0.5) is 5.69 Å². The Balaban J connectivity index is 2.21. The van der Waals surface area contributed by atoms with Gasteiger partial charge in [0.25, 0.3) is 5.19 Å². The second-order valence-electron chi connectivity index (χ2n) is 4.04. The lowest BCUT2D eigenvalue weighted by Gasteiger charge is -2.04. The molecular weight excluding hydrogens is 248 g/mol. The fourth-order valence-corrected chi connectivity index (χ4v) is 1.99. The fourth-order valence-electron chi connectivity index (χ4n) is 1.30. The third-order valence-corrected chi connectivity index (χ3v) is 2.88. The van der Waals surface area contributed by atoms with Gasteiger partial charge in [0.2, 0.25) is 0 Å². The Hall–Kier alpha value is -2.13. The van der Waals surface area contributed by atoms with Gasteiger partial charge in [0, 0.05) is 17.5 Å². The van der Waals surface area contributed by atoms with Crippen LogP contribution in [0.1, 0.15) is 31.2 Å². The van der Waals surface area contributed by atoms with Gasteiger partial charge in [-0.1, -0.05) is 13.8 Å². The van der Waals surface area contributed by atoms with Crippen LogP contribution in [0.15, 0.2) is 18.2 Å². The van der Waals surface area contributed by atoms with Gasteiger partial charge in [-0.2, -0.15) is 14.6 Å². The number of hydrogen-bond acceptors (Lipinski definition) is 6. The molecule has 0 aliphatic heterocycles. The molecule has 92 valence electrons. The number of anilines is 1. The highest BCUT2D eigenvalue weighted by atomic mass is 32.1. The number of benzene rings is 1. The van der Waals surface area contributed by atoms with E-state index in [0.29, 0.717) is 22.2 Å². The zero-order valence-electron chi connectivity index (χ0n) is 10.0. The van der Waals surface area contributed by atoms with E-state index in [1.54, 1.807) is 18.2 Å². The highest BCUT2D eigenvalue weighted by molar-refractivity contribution is 7.07. The number of ether oxygens (including phenoxy) is 1. The van der Waals surface area contributed by atoms with Gasteiger partial charge in [0.15, 0.2) is 5.75 Å². The van der Waals surface area contributed by atoms with Crippen LogP contribution in [0.3, 0.4) is 0 Å². The molecule has 0 bridgehead atoms. The largest absolute Gasteiger partial charge is 0.428 e. The zero-order chi connectivity index (χ0) is 13.1. The van der Waals surface area contributed by atoms with Crippen LogP contribution in [0, 0.1) is 11.3 Å². The van der Waals surface area contributed by atoms with Crippen molar-refractivity contribution in [1.29, 1.82) is 5.26 Å². The van der Waals surface area contributed by atoms with Gasteiger partial charge in [-0.3, -0.25) is 0 Å². The van der Waals surface area contributed by atoms with Gasteiger partial charge in [-0.25, -0.2) is 0 Å². The lowest BCUT2D eigenvalue weighted by atomic mass is 10.2. The first-order valence-electron chi connectivity index (χ1n) is 5.41. The topological polar surface area (TPSA) is 84.8 Å². The van der Waals surface area contributed by atoms with Crippen molar-refractivity contribution in [1.82, 2.24) is 9.36 Å². The van der Waals surface area contributed by atoms with Gasteiger partial charge in [-0.05, 0) is 18.2 Å². The number of aromatic nitrogens is 2. The molecule has 1 heterocycles. The van der Waals surface area contributed by atoms with E-state index in [2.05, 4.69) is 9.36 Å². The van der Waals surface area contributed by atoms with E-state index in [9.17, 15) is 0 Å². The molecule has 6 heteroatoms. The van der Waals surface area contributed by atoms with E-state index < -0.39 is 0 Å². The van der Waals surface area contributed by atoms with Crippen LogP contribution >= 0.6 is 11.5 Å². The van der Waals surface area contributed by atoms with Crippen LogP contribution in [-0.4, -0.2) is 9.36 Å². The summed E-state index contributed by atoms with van der Waals surface area (Å²) in [7, 11) is 0. The van der Waals surface area contributed by atoms with Gasteiger partial charge in [0.1, 0.15) is 5.82 Å². The Morgan fingerprint density at radius 2 is 2.22 bits per heavy atom. The zero-order valence-corrected chi connectivity index (χ0v) is 10.9. The maximum absolute atomic E-state index is 8.74. The predicted octanol–water partition coefficient (Wildman–Crippen LogP) is 2.91. The number of nitriles is 1. The summed E-state index contributed by atoms with van der Waals surface area (Å²) in [5.74, 6) is 1.50. The maximum Gasteiger partial charge on any atom is 0.298 e. The Morgan fingerprint density at radius 3 is 2.78 bits per heavy atom. The van der Waals surface area contributed by atoms with Crippen LogP contribution in [-0.2, 0) is 0 Å². The third kappa shape index (κ3) is 2.57. The first-order valence-corrected chi connectivity index (χ1v) is 6.18. The summed E-state index contributed by atoms with van der Waals surface area (Å²) in [5.41, 5.74) is 6.70. The lowest BCUT2D eigenvalue weighted by Crippen LogP contribution is -1.93. The third-order valence-electron chi connectivity index (χ3n) is 2.28. The smallest absolute Gasteiger partial charge is 0.298 e. The molecule has 1 aromatic carbocycles. The summed E-state index contributed by atoms with van der Waals surface area (Å²) in [6, 6.07) is 6.89. The van der Waals surface area contributed by atoms with E-state index in [-0.39, 0.29) is 5.92 Å². The highest BCUT2D eigenvalue weighted by Gasteiger charge is 2.10. The van der Waals surface area contributed by atoms with Crippen molar-refractivity contribution >= 4 is 17.2 Å². The molecule has 0 fully saturated rings. The van der Waals surface area contributed by atoms with Gasteiger partial charge in [0.05, 0.1) is 17.3 Å². The Bertz CT molecular complexity index is 600. The van der Waals surface area contributed by atoms with Crippen LogP contribution < -0.4 is 10.5 Å². The first-order chi connectivity index (χ1) is 8.60. The summed E-state index contributed by atoms with van der Waals surface area (Å²) < 4.78 is 9.74. The van der Waals surface area contributed by atoms with E-state index >= 15 is 0 Å². The molecule has 18 heavy (non-hydrogen) atoms. The van der Waals surface area contributed by atoms with Gasteiger partial charge < -0.3 is 10.5 Å². The summed E-state index contributed by atoms with van der Waals surface area (Å²) in [6.45, 7) is 4.03. The quantitative estimate of drug-likeness (QED) is 0.857. The second kappa shape index (κ2) is 5.02. The predicted molar refractivity (Wildman–Crippen MR) is 69.6 cm³/mol. The van der Waals surface area contributed by atoms with Crippen molar-refractivity contribution in [2.75, 3.05) is 5.73 Å². The second-order valence-corrected chi connectivity index (χ2v) is 4.75. The normalized spacial score (nSPS) is 10.3. The molecule has 0 saturated heterocycles. The fraction of sp³-hybridized carbons (Fsp3) is 0.250. The van der Waals surface area contributed by atoms with E-state index in [0.717, 1.165) is 5.82 Å². The van der Waals surface area contributed by atoms with E-state index in [4.69, 9.17) is 15.7 Å². The number of nitrogens with zero attached hydrogens (tertiary/aromatic N) is 3. The van der Waals surface area contributed by atoms with Crippen molar-refractivity contribution in [2.24, 2.45) is 0 Å². The van der Waals surface area contributed by atoms with Crippen molar-refractivity contribution in [3.63, 3.8) is 0 Å². The van der Waals surface area contributed by atoms with Crippen molar-refractivity contribution in [3.8, 4) is 17.0 Å². The average molecular weight is 260 g/mol. The Kier molecular flexibility index (Phi) is 3.44. The van der Waals surface area contributed by atoms with Crippen LogP contribution in [0.25, 0.3) is 0 Å². The number of nitrogens with two attached hydrogens (primary N) is 1. The minimum absolute atomic E-state index is 0.261. The standard InChI is InChI=1S/C12H12N4OS/c1-7(2)11-15-12(18-16-11)17-10-4-3-8(6-13)5-9(10)14/h3-5,7H,14H2,1-2H3. The molecule has 1 aromatic heterocycles. The number of nitrogen functional groups attached to an aromatic ring is 1. The molecule has 0 spiro atoms. The van der Waals surface area contributed by atoms with E-state index in [1.165, 1.54) is 11.5 Å². The Labute approximate surface area is 109 Å².